The van der Waals surface area contributed by atoms with E-state index in [1.165, 1.54) is 24.0 Å². The summed E-state index contributed by atoms with van der Waals surface area (Å²) in [4.78, 5) is 2.27. The summed E-state index contributed by atoms with van der Waals surface area (Å²) < 4.78 is 0. The molecule has 3 N–H and O–H groups in total. The topological polar surface area (TPSA) is 49.5 Å². The predicted molar refractivity (Wildman–Crippen MR) is 80.9 cm³/mol. The van der Waals surface area contributed by atoms with Crippen molar-refractivity contribution >= 4 is 5.69 Å². The van der Waals surface area contributed by atoms with Crippen molar-refractivity contribution in [3.63, 3.8) is 0 Å². The molecular formula is C16H26N2O. The summed E-state index contributed by atoms with van der Waals surface area (Å²) >= 11 is 0. The van der Waals surface area contributed by atoms with Gasteiger partial charge in [0.25, 0.3) is 0 Å². The molecular weight excluding hydrogens is 236 g/mol. The Bertz CT molecular complexity index is 417. The van der Waals surface area contributed by atoms with E-state index in [0.29, 0.717) is 12.3 Å². The van der Waals surface area contributed by atoms with Crippen LogP contribution in [-0.2, 0) is 12.8 Å². The molecule has 1 aliphatic rings. The van der Waals surface area contributed by atoms with Gasteiger partial charge in [0.1, 0.15) is 5.75 Å². The van der Waals surface area contributed by atoms with Gasteiger partial charge in [-0.15, -0.1) is 0 Å². The normalized spacial score (nSPS) is 14.2. The lowest BCUT2D eigenvalue weighted by atomic mass is 9.90. The molecule has 0 aromatic heterocycles. The minimum Gasteiger partial charge on any atom is -0.505 e. The predicted octanol–water partition coefficient (Wildman–Crippen LogP) is 2.84. The van der Waals surface area contributed by atoms with Crippen LogP contribution >= 0.6 is 0 Å². The molecule has 2 rings (SSSR count). The summed E-state index contributed by atoms with van der Waals surface area (Å²) in [5.41, 5.74) is 9.12. The van der Waals surface area contributed by atoms with Gasteiger partial charge in [-0.05, 0) is 62.3 Å². The molecule has 106 valence electrons. The van der Waals surface area contributed by atoms with E-state index in [4.69, 9.17) is 5.73 Å². The lowest BCUT2D eigenvalue weighted by Gasteiger charge is -2.28. The number of nitrogens with zero attached hydrogens (tertiary/aromatic N) is 1. The van der Waals surface area contributed by atoms with Gasteiger partial charge in [0.15, 0.2) is 0 Å². The first-order valence-corrected chi connectivity index (χ1v) is 7.56. The average Bonchev–Trinajstić information content (AvgIpc) is 2.44. The van der Waals surface area contributed by atoms with Gasteiger partial charge in [0.2, 0.25) is 0 Å². The number of benzene rings is 1. The van der Waals surface area contributed by atoms with E-state index in [2.05, 4.69) is 24.0 Å². The van der Waals surface area contributed by atoms with E-state index in [1.54, 1.807) is 0 Å². The third-order valence-corrected chi connectivity index (χ3v) is 3.95. The molecule has 0 saturated carbocycles. The van der Waals surface area contributed by atoms with Crippen molar-refractivity contribution in [3.8, 4) is 5.75 Å². The lowest BCUT2D eigenvalue weighted by Crippen LogP contribution is -2.27. The summed E-state index contributed by atoms with van der Waals surface area (Å²) in [6.45, 7) is 4.78. The maximum Gasteiger partial charge on any atom is 0.142 e. The van der Waals surface area contributed by atoms with Gasteiger partial charge >= 0.3 is 0 Å². The largest absolute Gasteiger partial charge is 0.505 e. The Labute approximate surface area is 116 Å². The molecule has 0 fully saturated rings. The molecule has 3 heteroatoms. The number of anilines is 1. The third kappa shape index (κ3) is 3.21. The minimum absolute atomic E-state index is 0.516. The fourth-order valence-electron chi connectivity index (χ4n) is 2.96. The zero-order valence-electron chi connectivity index (χ0n) is 12.0. The molecule has 0 amide bonds. The second kappa shape index (κ2) is 6.80. The molecule has 0 atom stereocenters. The van der Waals surface area contributed by atoms with Crippen molar-refractivity contribution < 1.29 is 5.11 Å². The Kier molecular flexibility index (Phi) is 5.08. The summed E-state index contributed by atoms with van der Waals surface area (Å²) in [5, 5.41) is 10.6. The fourth-order valence-corrected chi connectivity index (χ4v) is 2.96. The molecule has 0 bridgehead atoms. The smallest absolute Gasteiger partial charge is 0.142 e. The van der Waals surface area contributed by atoms with Crippen LogP contribution in [0.4, 0.5) is 5.69 Å². The summed E-state index contributed by atoms with van der Waals surface area (Å²) in [6, 6.07) is 4.29. The first kappa shape index (κ1) is 14.2. The number of nitrogens with two attached hydrogens (primary N) is 1. The summed E-state index contributed by atoms with van der Waals surface area (Å²) in [5.74, 6) is 0.516. The Hall–Kier alpha value is -1.22. The number of hydrogen-bond acceptors (Lipinski definition) is 3. The second-order valence-corrected chi connectivity index (χ2v) is 5.41. The van der Waals surface area contributed by atoms with Crippen LogP contribution in [0, 0.1) is 0 Å². The van der Waals surface area contributed by atoms with Crippen LogP contribution in [0.25, 0.3) is 0 Å². The quantitative estimate of drug-likeness (QED) is 0.829. The molecule has 0 saturated heterocycles. The number of aryl methyl sites for hydroxylation is 1. The maximum absolute atomic E-state index is 10.6. The van der Waals surface area contributed by atoms with Gasteiger partial charge in [-0.2, -0.15) is 0 Å². The molecule has 1 aromatic carbocycles. The molecule has 19 heavy (non-hydrogen) atoms. The highest BCUT2D eigenvalue weighted by Crippen LogP contribution is 2.37. The third-order valence-electron chi connectivity index (χ3n) is 3.95. The minimum atomic E-state index is 0.516. The Morgan fingerprint density at radius 1 is 1.21 bits per heavy atom. The average molecular weight is 262 g/mol. The monoisotopic (exact) mass is 262 g/mol. The van der Waals surface area contributed by atoms with Crippen LogP contribution in [0.1, 0.15) is 43.7 Å². The summed E-state index contributed by atoms with van der Waals surface area (Å²) in [7, 11) is 0. The summed E-state index contributed by atoms with van der Waals surface area (Å²) in [6.07, 6.45) is 6.63. The van der Waals surface area contributed by atoms with Gasteiger partial charge < -0.3 is 15.7 Å². The highest BCUT2D eigenvalue weighted by Gasteiger charge is 2.18. The molecule has 0 aliphatic heterocycles. The highest BCUT2D eigenvalue weighted by molar-refractivity contribution is 5.63. The van der Waals surface area contributed by atoms with Gasteiger partial charge in [0.05, 0.1) is 5.69 Å². The molecule has 1 aliphatic carbocycles. The van der Waals surface area contributed by atoms with Crippen molar-refractivity contribution in [1.82, 2.24) is 0 Å². The Balaban J connectivity index is 2.26. The van der Waals surface area contributed by atoms with Gasteiger partial charge in [-0.1, -0.05) is 13.0 Å². The Morgan fingerprint density at radius 3 is 2.74 bits per heavy atom. The first-order chi connectivity index (χ1) is 9.27. The lowest BCUT2D eigenvalue weighted by molar-refractivity contribution is 0.460. The van der Waals surface area contributed by atoms with E-state index < -0.39 is 0 Å². The van der Waals surface area contributed by atoms with Gasteiger partial charge in [0, 0.05) is 13.1 Å². The fraction of sp³-hybridized carbons (Fsp3) is 0.625. The highest BCUT2D eigenvalue weighted by atomic mass is 16.3. The van der Waals surface area contributed by atoms with E-state index in [9.17, 15) is 5.11 Å². The SMILES string of the molecule is CCCN(CCCN)c1ccc2c(c1O)CCCC2. The van der Waals surface area contributed by atoms with Crippen LogP contribution in [0.2, 0.25) is 0 Å². The second-order valence-electron chi connectivity index (χ2n) is 5.41. The van der Waals surface area contributed by atoms with Crippen molar-refractivity contribution in [2.75, 3.05) is 24.5 Å². The number of hydrogen-bond donors (Lipinski definition) is 2. The van der Waals surface area contributed by atoms with Crippen molar-refractivity contribution in [3.05, 3.63) is 23.3 Å². The van der Waals surface area contributed by atoms with Crippen molar-refractivity contribution in [2.24, 2.45) is 5.73 Å². The van der Waals surface area contributed by atoms with Crippen LogP contribution in [-0.4, -0.2) is 24.7 Å². The zero-order chi connectivity index (χ0) is 13.7. The number of phenols is 1. The standard InChI is InChI=1S/C16H26N2O/c1-2-11-18(12-5-10-17)15-9-8-13-6-3-4-7-14(13)16(15)19/h8-9,19H,2-7,10-12,17H2,1H3. The number of rotatable bonds is 6. The van der Waals surface area contributed by atoms with Crippen molar-refractivity contribution in [1.29, 1.82) is 0 Å². The van der Waals surface area contributed by atoms with E-state index in [-0.39, 0.29) is 0 Å². The molecule has 3 nitrogen and oxygen atoms in total. The first-order valence-electron chi connectivity index (χ1n) is 7.56. The van der Waals surface area contributed by atoms with E-state index in [0.717, 1.165) is 44.5 Å². The molecule has 1 aromatic rings. The van der Waals surface area contributed by atoms with E-state index >= 15 is 0 Å². The molecule has 0 spiro atoms. The number of phenolic OH excluding ortho intramolecular Hbond substituents is 1. The zero-order valence-corrected chi connectivity index (χ0v) is 12.0. The van der Waals surface area contributed by atoms with Crippen LogP contribution in [0.3, 0.4) is 0 Å². The number of fused-ring (bicyclic) bond motifs is 1. The van der Waals surface area contributed by atoms with Gasteiger partial charge in [-0.3, -0.25) is 0 Å². The molecule has 0 heterocycles. The molecule has 0 radical (unpaired) electrons. The maximum atomic E-state index is 10.6. The van der Waals surface area contributed by atoms with Crippen LogP contribution in [0.15, 0.2) is 12.1 Å². The Morgan fingerprint density at radius 2 is 2.00 bits per heavy atom. The molecule has 0 unspecified atom stereocenters. The van der Waals surface area contributed by atoms with Gasteiger partial charge in [-0.25, -0.2) is 0 Å². The van der Waals surface area contributed by atoms with E-state index in [1.807, 2.05) is 0 Å². The van der Waals surface area contributed by atoms with Crippen molar-refractivity contribution in [2.45, 2.75) is 45.4 Å². The van der Waals surface area contributed by atoms with Crippen LogP contribution < -0.4 is 10.6 Å². The number of aromatic hydroxyl groups is 1. The van der Waals surface area contributed by atoms with Crippen LogP contribution in [0.5, 0.6) is 5.75 Å².